The third kappa shape index (κ3) is 4.99. The van der Waals surface area contributed by atoms with Crippen LogP contribution in [0.25, 0.3) is 0 Å². The number of carbonyl (C=O) groups is 3. The van der Waals surface area contributed by atoms with Gasteiger partial charge in [0.25, 0.3) is 0 Å². The van der Waals surface area contributed by atoms with Gasteiger partial charge in [0, 0.05) is 19.0 Å². The van der Waals surface area contributed by atoms with Crippen molar-refractivity contribution in [3.05, 3.63) is 0 Å². The number of likely N-dealkylation sites (tertiary alicyclic amines) is 1. The first kappa shape index (κ1) is 18.4. The van der Waals surface area contributed by atoms with Crippen molar-refractivity contribution in [2.75, 3.05) is 6.54 Å². The summed E-state index contributed by atoms with van der Waals surface area (Å²) in [5.41, 5.74) is 0. The van der Waals surface area contributed by atoms with E-state index in [-0.39, 0.29) is 25.2 Å². The number of halogens is 3. The summed E-state index contributed by atoms with van der Waals surface area (Å²) < 4.78 is 38.3. The number of ketones is 1. The van der Waals surface area contributed by atoms with Crippen molar-refractivity contribution in [1.29, 1.82) is 0 Å². The Kier molecular flexibility index (Phi) is 6.37. The molecular formula is C14H20F3NO4. The van der Waals surface area contributed by atoms with Crippen molar-refractivity contribution in [2.45, 2.75) is 57.7 Å². The number of aliphatic carboxylic acids is 1. The van der Waals surface area contributed by atoms with Gasteiger partial charge in [0.15, 0.2) is 5.92 Å². The molecule has 0 aliphatic carbocycles. The summed E-state index contributed by atoms with van der Waals surface area (Å²) in [6.07, 6.45) is -4.05. The summed E-state index contributed by atoms with van der Waals surface area (Å²) in [6.45, 7) is 1.87. The highest BCUT2D eigenvalue weighted by Crippen LogP contribution is 2.33. The van der Waals surface area contributed by atoms with Crippen LogP contribution in [0.4, 0.5) is 13.2 Å². The quantitative estimate of drug-likeness (QED) is 0.762. The van der Waals surface area contributed by atoms with Crippen molar-refractivity contribution in [3.8, 4) is 0 Å². The molecule has 1 saturated heterocycles. The predicted octanol–water partition coefficient (Wildman–Crippen LogP) is 2.39. The SMILES string of the molecule is CCC(=O)CC(=O)N1CCCCC1CC(C(=O)O)C(F)(F)F. The molecule has 22 heavy (non-hydrogen) atoms. The first-order valence-corrected chi connectivity index (χ1v) is 7.27. The maximum Gasteiger partial charge on any atom is 0.402 e. The number of carboxylic acid groups (broad SMARTS) is 1. The van der Waals surface area contributed by atoms with E-state index in [4.69, 9.17) is 5.11 Å². The molecule has 8 heteroatoms. The summed E-state index contributed by atoms with van der Waals surface area (Å²) in [6, 6.07) is -0.784. The number of hydrogen-bond acceptors (Lipinski definition) is 3. The van der Waals surface area contributed by atoms with Gasteiger partial charge >= 0.3 is 12.1 Å². The number of carbonyl (C=O) groups excluding carboxylic acids is 2. The normalized spacial score (nSPS) is 20.5. The van der Waals surface area contributed by atoms with Crippen LogP contribution in [-0.4, -0.2) is 46.4 Å². The minimum absolute atomic E-state index is 0.185. The van der Waals surface area contributed by atoms with E-state index < -0.39 is 36.4 Å². The molecule has 126 valence electrons. The molecule has 5 nitrogen and oxygen atoms in total. The Morgan fingerprint density at radius 1 is 1.27 bits per heavy atom. The lowest BCUT2D eigenvalue weighted by atomic mass is 9.91. The molecule has 2 unspecified atom stereocenters. The van der Waals surface area contributed by atoms with Gasteiger partial charge in [-0.15, -0.1) is 0 Å². The van der Waals surface area contributed by atoms with Crippen molar-refractivity contribution in [2.24, 2.45) is 5.92 Å². The molecule has 0 aromatic rings. The van der Waals surface area contributed by atoms with Gasteiger partial charge in [0.1, 0.15) is 5.78 Å². The minimum atomic E-state index is -4.85. The van der Waals surface area contributed by atoms with E-state index in [1.165, 1.54) is 4.90 Å². The van der Waals surface area contributed by atoms with Gasteiger partial charge in [0.05, 0.1) is 6.42 Å². The fourth-order valence-corrected chi connectivity index (χ4v) is 2.62. The smallest absolute Gasteiger partial charge is 0.402 e. The van der Waals surface area contributed by atoms with Crippen LogP contribution in [0.1, 0.15) is 45.4 Å². The highest BCUT2D eigenvalue weighted by molar-refractivity contribution is 5.98. The van der Waals surface area contributed by atoms with Crippen LogP contribution in [0, 0.1) is 5.92 Å². The van der Waals surface area contributed by atoms with Crippen LogP contribution < -0.4 is 0 Å². The monoisotopic (exact) mass is 323 g/mol. The van der Waals surface area contributed by atoms with Crippen molar-refractivity contribution in [3.63, 3.8) is 0 Å². The van der Waals surface area contributed by atoms with Crippen LogP contribution in [0.15, 0.2) is 0 Å². The summed E-state index contributed by atoms with van der Waals surface area (Å²) in [5.74, 6) is -5.22. The Morgan fingerprint density at radius 3 is 2.41 bits per heavy atom. The molecule has 1 aliphatic heterocycles. The first-order chi connectivity index (χ1) is 10.2. The summed E-state index contributed by atoms with van der Waals surface area (Å²) in [7, 11) is 0. The fourth-order valence-electron chi connectivity index (χ4n) is 2.62. The minimum Gasteiger partial charge on any atom is -0.481 e. The van der Waals surface area contributed by atoms with Crippen LogP contribution in [-0.2, 0) is 14.4 Å². The van der Waals surface area contributed by atoms with Gasteiger partial charge in [0.2, 0.25) is 5.91 Å². The average Bonchev–Trinajstić information content (AvgIpc) is 2.43. The third-order valence-corrected chi connectivity index (χ3v) is 3.89. The topological polar surface area (TPSA) is 74.7 Å². The van der Waals surface area contributed by atoms with Gasteiger partial charge in [-0.05, 0) is 25.7 Å². The lowest BCUT2D eigenvalue weighted by molar-refractivity contribution is -0.198. The zero-order chi connectivity index (χ0) is 16.9. The second-order valence-corrected chi connectivity index (χ2v) is 5.47. The molecular weight excluding hydrogens is 303 g/mol. The molecule has 1 N–H and O–H groups in total. The second kappa shape index (κ2) is 7.60. The van der Waals surface area contributed by atoms with Crippen molar-refractivity contribution < 1.29 is 32.7 Å². The molecule has 1 rings (SSSR count). The Bertz CT molecular complexity index is 436. The number of rotatable bonds is 6. The van der Waals surface area contributed by atoms with E-state index in [2.05, 4.69) is 0 Å². The maximum atomic E-state index is 12.8. The Morgan fingerprint density at radius 2 is 1.91 bits per heavy atom. The average molecular weight is 323 g/mol. The van der Waals surface area contributed by atoms with E-state index >= 15 is 0 Å². The number of carboxylic acids is 1. The van der Waals surface area contributed by atoms with Gasteiger partial charge in [-0.2, -0.15) is 13.2 Å². The molecule has 1 fully saturated rings. The van der Waals surface area contributed by atoms with Gasteiger partial charge in [-0.1, -0.05) is 6.92 Å². The third-order valence-electron chi connectivity index (χ3n) is 3.89. The van der Waals surface area contributed by atoms with E-state index in [0.717, 1.165) is 0 Å². The molecule has 1 aliphatic rings. The molecule has 0 bridgehead atoms. The highest BCUT2D eigenvalue weighted by atomic mass is 19.4. The Hall–Kier alpha value is -1.60. The van der Waals surface area contributed by atoms with Gasteiger partial charge in [-0.25, -0.2) is 0 Å². The molecule has 2 atom stereocenters. The summed E-state index contributed by atoms with van der Waals surface area (Å²) in [5, 5.41) is 8.77. The molecule has 0 radical (unpaired) electrons. The van der Waals surface area contributed by atoms with Crippen LogP contribution in [0.3, 0.4) is 0 Å². The van der Waals surface area contributed by atoms with Gasteiger partial charge in [-0.3, -0.25) is 14.4 Å². The molecule has 0 spiro atoms. The van der Waals surface area contributed by atoms with E-state index in [9.17, 15) is 27.6 Å². The lowest BCUT2D eigenvalue weighted by Crippen LogP contribution is -2.47. The Labute approximate surface area is 126 Å². The predicted molar refractivity (Wildman–Crippen MR) is 71.1 cm³/mol. The lowest BCUT2D eigenvalue weighted by Gasteiger charge is -2.37. The molecule has 1 heterocycles. The van der Waals surface area contributed by atoms with Gasteiger partial charge < -0.3 is 10.0 Å². The van der Waals surface area contributed by atoms with Crippen molar-refractivity contribution in [1.82, 2.24) is 4.90 Å². The summed E-state index contributed by atoms with van der Waals surface area (Å²) >= 11 is 0. The van der Waals surface area contributed by atoms with Crippen LogP contribution >= 0.6 is 0 Å². The van der Waals surface area contributed by atoms with E-state index in [1.54, 1.807) is 6.92 Å². The Balaban J connectivity index is 2.82. The number of alkyl halides is 3. The fraction of sp³-hybridized carbons (Fsp3) is 0.786. The number of Topliss-reactive ketones (excluding diaryl/α,β-unsaturated/α-hetero) is 1. The molecule has 0 aromatic heterocycles. The number of amides is 1. The first-order valence-electron chi connectivity index (χ1n) is 7.27. The largest absolute Gasteiger partial charge is 0.481 e. The highest BCUT2D eigenvalue weighted by Gasteiger charge is 2.47. The molecule has 0 saturated carbocycles. The van der Waals surface area contributed by atoms with Crippen molar-refractivity contribution >= 4 is 17.7 Å². The number of nitrogens with zero attached hydrogens (tertiary/aromatic N) is 1. The van der Waals surface area contributed by atoms with Crippen LogP contribution in [0.2, 0.25) is 0 Å². The number of hydrogen-bond donors (Lipinski definition) is 1. The molecule has 0 aromatic carbocycles. The standard InChI is InChI=1S/C14H20F3NO4/c1-2-10(19)8-12(20)18-6-4-3-5-9(18)7-11(13(21)22)14(15,16)17/h9,11H,2-8H2,1H3,(H,21,22). The maximum absolute atomic E-state index is 12.8. The molecule has 1 amide bonds. The number of piperidine rings is 1. The zero-order valence-corrected chi connectivity index (χ0v) is 12.4. The van der Waals surface area contributed by atoms with E-state index in [1.807, 2.05) is 0 Å². The summed E-state index contributed by atoms with van der Waals surface area (Å²) in [4.78, 5) is 35.5. The van der Waals surface area contributed by atoms with E-state index in [0.29, 0.717) is 19.3 Å². The zero-order valence-electron chi connectivity index (χ0n) is 12.4. The van der Waals surface area contributed by atoms with Crippen LogP contribution in [0.5, 0.6) is 0 Å². The second-order valence-electron chi connectivity index (χ2n) is 5.47.